The minimum absolute atomic E-state index is 0.112. The summed E-state index contributed by atoms with van der Waals surface area (Å²) in [6.07, 6.45) is 1.81. The number of amides is 1. The van der Waals surface area contributed by atoms with Crippen molar-refractivity contribution in [1.82, 2.24) is 4.90 Å². The number of carbonyl (C=O) groups excluding carboxylic acids is 1. The highest BCUT2D eigenvalue weighted by molar-refractivity contribution is 5.86. The minimum atomic E-state index is -0.455. The zero-order valence-corrected chi connectivity index (χ0v) is 13.5. The van der Waals surface area contributed by atoms with Crippen molar-refractivity contribution in [2.45, 2.75) is 45.3 Å². The van der Waals surface area contributed by atoms with Crippen molar-refractivity contribution >= 4 is 16.9 Å². The molecule has 3 heteroatoms. The molecule has 1 aliphatic rings. The van der Waals surface area contributed by atoms with Crippen LogP contribution in [0.25, 0.3) is 10.8 Å². The minimum Gasteiger partial charge on any atom is -0.444 e. The Morgan fingerprint density at radius 3 is 2.64 bits per heavy atom. The molecule has 0 radical (unpaired) electrons. The fourth-order valence-corrected chi connectivity index (χ4v) is 3.17. The predicted molar refractivity (Wildman–Crippen MR) is 88.9 cm³/mol. The lowest BCUT2D eigenvalue weighted by atomic mass is 9.97. The monoisotopic (exact) mass is 297 g/mol. The van der Waals surface area contributed by atoms with Crippen LogP contribution in [0.1, 0.15) is 45.2 Å². The molecule has 1 fully saturated rings. The summed E-state index contributed by atoms with van der Waals surface area (Å²) in [6.45, 7) is 6.50. The highest BCUT2D eigenvalue weighted by atomic mass is 16.6. The largest absolute Gasteiger partial charge is 0.444 e. The average molecular weight is 297 g/mol. The predicted octanol–water partition coefficient (Wildman–Crippen LogP) is 4.91. The molecule has 22 heavy (non-hydrogen) atoms. The number of hydrogen-bond donors (Lipinski definition) is 0. The highest BCUT2D eigenvalue weighted by Crippen LogP contribution is 2.36. The van der Waals surface area contributed by atoms with Crippen LogP contribution in [0.4, 0.5) is 4.79 Å². The number of ether oxygens (including phenoxy) is 1. The summed E-state index contributed by atoms with van der Waals surface area (Å²) in [5, 5.41) is 2.45. The van der Waals surface area contributed by atoms with E-state index in [1.807, 2.05) is 31.7 Å². The third kappa shape index (κ3) is 2.94. The van der Waals surface area contributed by atoms with Crippen LogP contribution in [0.15, 0.2) is 42.5 Å². The van der Waals surface area contributed by atoms with Crippen LogP contribution >= 0.6 is 0 Å². The van der Waals surface area contributed by atoms with E-state index in [0.29, 0.717) is 0 Å². The van der Waals surface area contributed by atoms with Crippen molar-refractivity contribution in [1.29, 1.82) is 0 Å². The van der Waals surface area contributed by atoms with Crippen molar-refractivity contribution in [3.05, 3.63) is 48.0 Å². The summed E-state index contributed by atoms with van der Waals surface area (Å²) in [7, 11) is 0. The molecule has 1 unspecified atom stereocenters. The van der Waals surface area contributed by atoms with Gasteiger partial charge in [0.15, 0.2) is 0 Å². The number of benzene rings is 2. The second-order valence-corrected chi connectivity index (χ2v) is 6.90. The van der Waals surface area contributed by atoms with Crippen LogP contribution in [0.2, 0.25) is 0 Å². The Hall–Kier alpha value is -2.03. The van der Waals surface area contributed by atoms with Gasteiger partial charge >= 0.3 is 6.09 Å². The van der Waals surface area contributed by atoms with E-state index >= 15 is 0 Å². The van der Waals surface area contributed by atoms with E-state index < -0.39 is 5.60 Å². The van der Waals surface area contributed by atoms with Crippen molar-refractivity contribution in [2.24, 2.45) is 0 Å². The lowest BCUT2D eigenvalue weighted by Gasteiger charge is -2.29. The SMILES string of the molecule is CC(C)(C)OC(=O)N1CCCC1c1cccc2ccccc12. The maximum absolute atomic E-state index is 12.5. The van der Waals surface area contributed by atoms with Crippen LogP contribution in [0.5, 0.6) is 0 Å². The van der Waals surface area contributed by atoms with Crippen molar-refractivity contribution in [3.63, 3.8) is 0 Å². The molecule has 1 amide bonds. The summed E-state index contributed by atoms with van der Waals surface area (Å²) in [5.41, 5.74) is 0.768. The summed E-state index contributed by atoms with van der Waals surface area (Å²) in [5.74, 6) is 0. The van der Waals surface area contributed by atoms with Gasteiger partial charge in [0.05, 0.1) is 6.04 Å². The Morgan fingerprint density at radius 2 is 1.86 bits per heavy atom. The number of rotatable bonds is 1. The third-order valence-electron chi connectivity index (χ3n) is 4.06. The summed E-state index contributed by atoms with van der Waals surface area (Å²) in [6, 6.07) is 14.8. The Bertz CT molecular complexity index is 682. The number of carbonyl (C=O) groups is 1. The van der Waals surface area contributed by atoms with Crippen LogP contribution in [0, 0.1) is 0 Å². The number of hydrogen-bond acceptors (Lipinski definition) is 2. The van der Waals surface area contributed by atoms with Gasteiger partial charge in [-0.05, 0) is 49.9 Å². The molecule has 0 saturated carbocycles. The summed E-state index contributed by atoms with van der Waals surface area (Å²) < 4.78 is 5.57. The molecule has 0 spiro atoms. The Kier molecular flexibility index (Phi) is 3.81. The van der Waals surface area contributed by atoms with E-state index in [9.17, 15) is 4.79 Å². The van der Waals surface area contributed by atoms with Crippen molar-refractivity contribution in [2.75, 3.05) is 6.54 Å². The Labute approximate surface area is 131 Å². The number of fused-ring (bicyclic) bond motifs is 1. The van der Waals surface area contributed by atoms with Crippen LogP contribution < -0.4 is 0 Å². The maximum atomic E-state index is 12.5. The van der Waals surface area contributed by atoms with Gasteiger partial charge < -0.3 is 9.64 Å². The Balaban J connectivity index is 1.94. The molecular formula is C19H23NO2. The second-order valence-electron chi connectivity index (χ2n) is 6.90. The maximum Gasteiger partial charge on any atom is 0.410 e. The van der Waals surface area contributed by atoms with Crippen LogP contribution in [-0.2, 0) is 4.74 Å². The lowest BCUT2D eigenvalue weighted by molar-refractivity contribution is 0.0225. The molecule has 0 N–H and O–H groups in total. The fraction of sp³-hybridized carbons (Fsp3) is 0.421. The van der Waals surface area contributed by atoms with Gasteiger partial charge in [0.25, 0.3) is 0 Å². The van der Waals surface area contributed by atoms with Crippen molar-refractivity contribution in [3.8, 4) is 0 Å². The fourth-order valence-electron chi connectivity index (χ4n) is 3.17. The van der Waals surface area contributed by atoms with E-state index in [-0.39, 0.29) is 12.1 Å². The smallest absolute Gasteiger partial charge is 0.410 e. The summed E-state index contributed by atoms with van der Waals surface area (Å²) >= 11 is 0. The lowest BCUT2D eigenvalue weighted by Crippen LogP contribution is -2.36. The molecular weight excluding hydrogens is 274 g/mol. The molecule has 0 aliphatic carbocycles. The standard InChI is InChI=1S/C19H23NO2/c1-19(2,3)22-18(21)20-13-7-12-17(20)16-11-6-9-14-8-4-5-10-15(14)16/h4-6,8-11,17H,7,12-13H2,1-3H3. The van der Waals surface area contributed by atoms with Gasteiger partial charge in [0.1, 0.15) is 5.60 Å². The van der Waals surface area contributed by atoms with Gasteiger partial charge in [-0.15, -0.1) is 0 Å². The molecule has 1 aliphatic heterocycles. The van der Waals surface area contributed by atoms with E-state index in [1.54, 1.807) is 0 Å². The second kappa shape index (κ2) is 5.64. The molecule has 2 aromatic carbocycles. The molecule has 116 valence electrons. The number of nitrogens with zero attached hydrogens (tertiary/aromatic N) is 1. The molecule has 3 rings (SSSR count). The van der Waals surface area contributed by atoms with Gasteiger partial charge in [-0.1, -0.05) is 42.5 Å². The first-order valence-electron chi connectivity index (χ1n) is 7.93. The third-order valence-corrected chi connectivity index (χ3v) is 4.06. The quantitative estimate of drug-likeness (QED) is 0.748. The van der Waals surface area contributed by atoms with E-state index in [1.165, 1.54) is 16.3 Å². The van der Waals surface area contributed by atoms with Gasteiger partial charge in [-0.25, -0.2) is 4.79 Å². The zero-order chi connectivity index (χ0) is 15.7. The zero-order valence-electron chi connectivity index (χ0n) is 13.5. The topological polar surface area (TPSA) is 29.5 Å². The van der Waals surface area contributed by atoms with Gasteiger partial charge in [0.2, 0.25) is 0 Å². The van der Waals surface area contributed by atoms with Gasteiger partial charge in [-0.3, -0.25) is 0 Å². The van der Waals surface area contributed by atoms with Crippen molar-refractivity contribution < 1.29 is 9.53 Å². The van der Waals surface area contributed by atoms with Gasteiger partial charge in [-0.2, -0.15) is 0 Å². The first-order chi connectivity index (χ1) is 10.5. The highest BCUT2D eigenvalue weighted by Gasteiger charge is 2.33. The number of likely N-dealkylation sites (tertiary alicyclic amines) is 1. The van der Waals surface area contributed by atoms with Gasteiger partial charge in [0, 0.05) is 6.54 Å². The molecule has 0 aromatic heterocycles. The molecule has 1 saturated heterocycles. The first kappa shape index (κ1) is 14.9. The normalized spacial score (nSPS) is 18.7. The van der Waals surface area contributed by atoms with E-state index in [0.717, 1.165) is 19.4 Å². The van der Waals surface area contributed by atoms with E-state index in [4.69, 9.17) is 4.74 Å². The van der Waals surface area contributed by atoms with E-state index in [2.05, 4.69) is 36.4 Å². The van der Waals surface area contributed by atoms with Crippen LogP contribution in [-0.4, -0.2) is 23.1 Å². The molecule has 1 atom stereocenters. The van der Waals surface area contributed by atoms with Crippen LogP contribution in [0.3, 0.4) is 0 Å². The molecule has 3 nitrogen and oxygen atoms in total. The first-order valence-corrected chi connectivity index (χ1v) is 7.93. The Morgan fingerprint density at radius 1 is 1.14 bits per heavy atom. The molecule has 0 bridgehead atoms. The molecule has 1 heterocycles. The molecule has 2 aromatic rings. The average Bonchev–Trinajstić information content (AvgIpc) is 2.94. The summed E-state index contributed by atoms with van der Waals surface area (Å²) in [4.78, 5) is 14.4.